The molecule has 0 atom stereocenters. The molecule has 0 saturated carbocycles. The van der Waals surface area contributed by atoms with Gasteiger partial charge in [-0.1, -0.05) is 32.9 Å². The van der Waals surface area contributed by atoms with Gasteiger partial charge in [0.05, 0.1) is 21.4 Å². The fourth-order valence-corrected chi connectivity index (χ4v) is 4.05. The Kier molecular flexibility index (Phi) is 5.25. The van der Waals surface area contributed by atoms with Crippen molar-refractivity contribution in [2.24, 2.45) is 5.41 Å². The normalized spacial score (nSPS) is 11.6. The average Bonchev–Trinajstić information content (AvgIpc) is 3.13. The lowest BCUT2D eigenvalue weighted by Gasteiger charge is -2.17. The fraction of sp³-hybridized carbons (Fsp3) is 0.350. The first-order valence-electron chi connectivity index (χ1n) is 8.51. The molecule has 1 aromatic carbocycles. The van der Waals surface area contributed by atoms with Gasteiger partial charge in [-0.15, -0.1) is 22.7 Å². The molecule has 0 aliphatic rings. The molecular weight excluding hydrogens is 362 g/mol. The highest BCUT2D eigenvalue weighted by atomic mass is 32.1. The number of benzene rings is 1. The Bertz CT molecular complexity index is 917. The van der Waals surface area contributed by atoms with E-state index in [9.17, 15) is 4.79 Å². The van der Waals surface area contributed by atoms with E-state index in [0.29, 0.717) is 0 Å². The van der Waals surface area contributed by atoms with E-state index in [4.69, 9.17) is 4.98 Å². The third kappa shape index (κ3) is 4.37. The number of amides is 1. The summed E-state index contributed by atoms with van der Waals surface area (Å²) in [5.41, 5.74) is 3.54. The molecule has 0 radical (unpaired) electrons. The molecule has 4 nitrogen and oxygen atoms in total. The van der Waals surface area contributed by atoms with Crippen molar-refractivity contribution in [1.82, 2.24) is 9.97 Å². The molecule has 3 rings (SSSR count). The lowest BCUT2D eigenvalue weighted by molar-refractivity contribution is -0.123. The van der Waals surface area contributed by atoms with Crippen LogP contribution in [-0.4, -0.2) is 15.9 Å². The number of hydrogen-bond acceptors (Lipinski definition) is 5. The summed E-state index contributed by atoms with van der Waals surface area (Å²) < 4.78 is 0. The van der Waals surface area contributed by atoms with Crippen LogP contribution in [0.4, 0.5) is 5.69 Å². The van der Waals surface area contributed by atoms with Crippen molar-refractivity contribution in [2.75, 3.05) is 5.32 Å². The van der Waals surface area contributed by atoms with Gasteiger partial charge in [0.25, 0.3) is 0 Å². The summed E-state index contributed by atoms with van der Waals surface area (Å²) in [4.78, 5) is 22.6. The first-order valence-corrected chi connectivity index (χ1v) is 10.2. The zero-order valence-corrected chi connectivity index (χ0v) is 17.3. The van der Waals surface area contributed by atoms with Gasteiger partial charge in [-0.25, -0.2) is 9.97 Å². The van der Waals surface area contributed by atoms with E-state index in [-0.39, 0.29) is 5.91 Å². The van der Waals surface area contributed by atoms with E-state index in [2.05, 4.69) is 22.6 Å². The summed E-state index contributed by atoms with van der Waals surface area (Å²) in [6.07, 6.45) is 0.773. The summed E-state index contributed by atoms with van der Waals surface area (Å²) in [7, 11) is 0. The van der Waals surface area contributed by atoms with Crippen molar-refractivity contribution in [3.63, 3.8) is 0 Å². The number of nitrogens with one attached hydrogen (secondary N) is 1. The fourth-order valence-electron chi connectivity index (χ4n) is 2.47. The molecule has 0 aliphatic heterocycles. The first-order chi connectivity index (χ1) is 12.2. The standard InChI is InChI=1S/C20H23N3OS2/c1-12-18(23-17(26-12)10-16-11-25-13(2)21-16)14-6-8-15(9-7-14)22-19(24)20(3,4)5/h6-9,11H,10H2,1-5H3,(H,22,24). The molecule has 0 bridgehead atoms. The van der Waals surface area contributed by atoms with Crippen molar-refractivity contribution in [3.05, 3.63) is 50.2 Å². The smallest absolute Gasteiger partial charge is 0.229 e. The van der Waals surface area contributed by atoms with Crippen LogP contribution in [-0.2, 0) is 11.2 Å². The van der Waals surface area contributed by atoms with Crippen LogP contribution < -0.4 is 5.32 Å². The Hall–Kier alpha value is -2.05. The maximum atomic E-state index is 12.1. The molecule has 0 spiro atoms. The number of rotatable bonds is 4. The number of anilines is 1. The maximum absolute atomic E-state index is 12.1. The molecule has 0 fully saturated rings. The van der Waals surface area contributed by atoms with Gasteiger partial charge in [0, 0.05) is 33.3 Å². The van der Waals surface area contributed by atoms with Crippen LogP contribution in [0.15, 0.2) is 29.6 Å². The van der Waals surface area contributed by atoms with E-state index in [1.807, 2.05) is 52.0 Å². The number of nitrogens with zero attached hydrogens (tertiary/aromatic N) is 2. The van der Waals surface area contributed by atoms with Gasteiger partial charge in [-0.2, -0.15) is 0 Å². The molecule has 3 aromatic rings. The van der Waals surface area contributed by atoms with Gasteiger partial charge < -0.3 is 5.32 Å². The highest BCUT2D eigenvalue weighted by Crippen LogP contribution is 2.30. The van der Waals surface area contributed by atoms with E-state index >= 15 is 0 Å². The molecule has 2 aromatic heterocycles. The molecule has 6 heteroatoms. The Balaban J connectivity index is 1.76. The van der Waals surface area contributed by atoms with Gasteiger partial charge in [0.2, 0.25) is 5.91 Å². The van der Waals surface area contributed by atoms with Crippen molar-refractivity contribution < 1.29 is 4.79 Å². The topological polar surface area (TPSA) is 54.9 Å². The number of carbonyl (C=O) groups excluding carboxylic acids is 1. The summed E-state index contributed by atoms with van der Waals surface area (Å²) in [6.45, 7) is 9.83. The molecule has 0 unspecified atom stereocenters. The molecule has 1 amide bonds. The van der Waals surface area contributed by atoms with Crippen LogP contribution in [0.1, 0.15) is 41.4 Å². The summed E-state index contributed by atoms with van der Waals surface area (Å²) in [6, 6.07) is 7.89. The Labute approximate surface area is 162 Å². The number of thiazole rings is 2. The van der Waals surface area contributed by atoms with Gasteiger partial charge >= 0.3 is 0 Å². The summed E-state index contributed by atoms with van der Waals surface area (Å²) in [5.74, 6) is 0.0101. The maximum Gasteiger partial charge on any atom is 0.229 e. The first kappa shape index (κ1) is 18.7. The van der Waals surface area contributed by atoms with Crippen LogP contribution in [0.2, 0.25) is 0 Å². The third-order valence-corrected chi connectivity index (χ3v) is 5.73. The second kappa shape index (κ2) is 7.29. The highest BCUT2D eigenvalue weighted by molar-refractivity contribution is 7.12. The Morgan fingerprint density at radius 2 is 1.81 bits per heavy atom. The van der Waals surface area contributed by atoms with Gasteiger partial charge in [0.1, 0.15) is 0 Å². The lowest BCUT2D eigenvalue weighted by atomic mass is 9.95. The molecular formula is C20H23N3OS2. The van der Waals surface area contributed by atoms with Crippen LogP contribution in [0.5, 0.6) is 0 Å². The highest BCUT2D eigenvalue weighted by Gasteiger charge is 2.21. The third-order valence-electron chi connectivity index (χ3n) is 3.94. The minimum absolute atomic E-state index is 0.0101. The Morgan fingerprint density at radius 3 is 2.38 bits per heavy atom. The van der Waals surface area contributed by atoms with Gasteiger partial charge in [-0.05, 0) is 26.0 Å². The minimum Gasteiger partial charge on any atom is -0.326 e. The van der Waals surface area contributed by atoms with E-state index in [1.54, 1.807) is 22.7 Å². The average molecular weight is 386 g/mol. The lowest BCUT2D eigenvalue weighted by Crippen LogP contribution is -2.27. The molecule has 26 heavy (non-hydrogen) atoms. The van der Waals surface area contributed by atoms with Crippen LogP contribution in [0, 0.1) is 19.3 Å². The van der Waals surface area contributed by atoms with E-state index in [0.717, 1.165) is 39.1 Å². The predicted octanol–water partition coefficient (Wildman–Crippen LogP) is 5.46. The molecule has 0 saturated heterocycles. The molecule has 2 heterocycles. The van der Waals surface area contributed by atoms with Crippen molar-refractivity contribution in [1.29, 1.82) is 0 Å². The van der Waals surface area contributed by atoms with Crippen molar-refractivity contribution in [2.45, 2.75) is 41.0 Å². The SMILES string of the molecule is Cc1nc(Cc2nc(-c3ccc(NC(=O)C(C)(C)C)cc3)c(C)s2)cs1. The molecule has 0 aliphatic carbocycles. The zero-order valence-electron chi connectivity index (χ0n) is 15.7. The summed E-state index contributed by atoms with van der Waals surface area (Å²) >= 11 is 3.39. The quantitative estimate of drug-likeness (QED) is 0.649. The van der Waals surface area contributed by atoms with Crippen LogP contribution >= 0.6 is 22.7 Å². The second-order valence-electron chi connectivity index (χ2n) is 7.33. The number of carbonyl (C=O) groups is 1. The second-order valence-corrected chi connectivity index (χ2v) is 9.68. The summed E-state index contributed by atoms with van der Waals surface area (Å²) in [5, 5.41) is 7.21. The zero-order chi connectivity index (χ0) is 18.9. The van der Waals surface area contributed by atoms with Gasteiger partial charge in [0.15, 0.2) is 0 Å². The number of aromatic nitrogens is 2. The number of aryl methyl sites for hydroxylation is 2. The molecule has 136 valence electrons. The van der Waals surface area contributed by atoms with Crippen molar-refractivity contribution in [3.8, 4) is 11.3 Å². The largest absolute Gasteiger partial charge is 0.326 e. The van der Waals surface area contributed by atoms with E-state index < -0.39 is 5.41 Å². The minimum atomic E-state index is -0.410. The van der Waals surface area contributed by atoms with Crippen LogP contribution in [0.25, 0.3) is 11.3 Å². The number of hydrogen-bond donors (Lipinski definition) is 1. The monoisotopic (exact) mass is 385 g/mol. The van der Waals surface area contributed by atoms with E-state index in [1.165, 1.54) is 4.88 Å². The van der Waals surface area contributed by atoms with Crippen LogP contribution in [0.3, 0.4) is 0 Å². The van der Waals surface area contributed by atoms with Crippen molar-refractivity contribution >= 4 is 34.3 Å². The van der Waals surface area contributed by atoms with Gasteiger partial charge in [-0.3, -0.25) is 4.79 Å². The predicted molar refractivity (Wildman–Crippen MR) is 110 cm³/mol. The Morgan fingerprint density at radius 1 is 1.12 bits per heavy atom. The molecule has 1 N–H and O–H groups in total.